The molecule has 0 saturated carbocycles. The van der Waals surface area contributed by atoms with Crippen molar-refractivity contribution in [2.24, 2.45) is 5.92 Å². The number of fused-ring (bicyclic) bond motifs is 13. The number of hydrogen-bond acceptors (Lipinski definition) is 0. The number of hydrogen-bond donors (Lipinski definition) is 0. The van der Waals surface area contributed by atoms with E-state index < -0.39 is 0 Å². The van der Waals surface area contributed by atoms with Gasteiger partial charge in [0.1, 0.15) is 0 Å². The highest BCUT2D eigenvalue weighted by molar-refractivity contribution is 6.29. The standard InChI is InChI=1S/C48H38N2/c1-29-17-18-31-19-22-37-45-42(50(47(37)38(31)27-29)33-21-23-36-35-15-9-10-16-39(35)48(2,3)40(36)28-33)25-26-43-46(45)44-34-14-8-7-11-30(34)20-24-41(44)49(43)32-12-5-4-6-13-32/h4-18,20-21,23-26,28-29H,19,22,27H2,1-3H3. The van der Waals surface area contributed by atoms with Gasteiger partial charge in [-0.1, -0.05) is 112 Å². The Morgan fingerprint density at radius 3 is 2.20 bits per heavy atom. The average molecular weight is 643 g/mol. The largest absolute Gasteiger partial charge is 0.309 e. The Hall–Kier alpha value is -5.60. The molecule has 240 valence electrons. The summed E-state index contributed by atoms with van der Waals surface area (Å²) in [4.78, 5) is 0. The second-order valence-corrected chi connectivity index (χ2v) is 15.3. The molecule has 3 aliphatic carbocycles. The third kappa shape index (κ3) is 3.63. The van der Waals surface area contributed by atoms with E-state index in [4.69, 9.17) is 0 Å². The van der Waals surface area contributed by atoms with E-state index in [9.17, 15) is 0 Å². The van der Waals surface area contributed by atoms with Crippen molar-refractivity contribution in [2.75, 3.05) is 0 Å². The van der Waals surface area contributed by atoms with Crippen LogP contribution in [-0.4, -0.2) is 9.13 Å². The molecule has 2 heterocycles. The zero-order chi connectivity index (χ0) is 33.3. The van der Waals surface area contributed by atoms with Gasteiger partial charge in [0.05, 0.1) is 22.2 Å². The second kappa shape index (κ2) is 9.98. The maximum Gasteiger partial charge on any atom is 0.0549 e. The third-order valence-electron chi connectivity index (χ3n) is 12.2. The van der Waals surface area contributed by atoms with Gasteiger partial charge in [-0.2, -0.15) is 0 Å². The van der Waals surface area contributed by atoms with Crippen molar-refractivity contribution in [3.63, 3.8) is 0 Å². The van der Waals surface area contributed by atoms with Crippen LogP contribution in [0.1, 0.15) is 56.0 Å². The van der Waals surface area contributed by atoms with Gasteiger partial charge in [0.2, 0.25) is 0 Å². The number of para-hydroxylation sites is 1. The molecule has 0 radical (unpaired) electrons. The van der Waals surface area contributed by atoms with Crippen molar-refractivity contribution < 1.29 is 0 Å². The van der Waals surface area contributed by atoms with Crippen molar-refractivity contribution in [3.8, 4) is 22.5 Å². The molecule has 0 aliphatic heterocycles. The van der Waals surface area contributed by atoms with E-state index in [0.717, 1.165) is 19.3 Å². The third-order valence-corrected chi connectivity index (χ3v) is 12.2. The van der Waals surface area contributed by atoms with Crippen molar-refractivity contribution in [2.45, 2.75) is 45.4 Å². The quantitative estimate of drug-likeness (QED) is 0.178. The zero-order valence-electron chi connectivity index (χ0n) is 28.8. The van der Waals surface area contributed by atoms with Crippen LogP contribution in [0.3, 0.4) is 0 Å². The van der Waals surface area contributed by atoms with Crippen LogP contribution in [0.25, 0.3) is 71.6 Å². The van der Waals surface area contributed by atoms with E-state index in [-0.39, 0.29) is 5.41 Å². The first kappa shape index (κ1) is 28.3. The van der Waals surface area contributed by atoms with Gasteiger partial charge in [-0.3, -0.25) is 0 Å². The molecule has 8 aromatic rings. The van der Waals surface area contributed by atoms with Gasteiger partial charge in [0.15, 0.2) is 0 Å². The predicted octanol–water partition coefficient (Wildman–Crippen LogP) is 12.5. The number of benzene rings is 6. The Morgan fingerprint density at radius 2 is 1.32 bits per heavy atom. The monoisotopic (exact) mass is 642 g/mol. The lowest BCUT2D eigenvalue weighted by atomic mass is 9.80. The second-order valence-electron chi connectivity index (χ2n) is 15.3. The molecule has 3 aliphatic rings. The van der Waals surface area contributed by atoms with Gasteiger partial charge in [-0.15, -0.1) is 0 Å². The van der Waals surface area contributed by atoms with E-state index in [1.54, 1.807) is 0 Å². The number of nitrogens with zero attached hydrogens (tertiary/aromatic N) is 2. The van der Waals surface area contributed by atoms with E-state index in [1.807, 2.05) is 0 Å². The number of aromatic nitrogens is 2. The summed E-state index contributed by atoms with van der Waals surface area (Å²) in [6, 6.07) is 45.6. The SMILES string of the molecule is CC1C=CC2=C(C1)c1c(c3c4c5c6ccccc6ccc5n(-c5ccccc5)c4ccc3n1-c1ccc3c(c1)C(C)(C)c1ccccc1-3)CC2. The van der Waals surface area contributed by atoms with Gasteiger partial charge < -0.3 is 9.13 Å². The first-order valence-electron chi connectivity index (χ1n) is 18.2. The summed E-state index contributed by atoms with van der Waals surface area (Å²) in [5, 5.41) is 6.76. The average Bonchev–Trinajstić information content (AvgIpc) is 3.75. The summed E-state index contributed by atoms with van der Waals surface area (Å²) in [7, 11) is 0. The first-order valence-corrected chi connectivity index (χ1v) is 18.2. The minimum Gasteiger partial charge on any atom is -0.309 e. The predicted molar refractivity (Wildman–Crippen MR) is 211 cm³/mol. The molecule has 0 fully saturated rings. The Balaban J connectivity index is 1.31. The Morgan fingerprint density at radius 1 is 0.600 bits per heavy atom. The van der Waals surface area contributed by atoms with Crippen molar-refractivity contribution >= 4 is 49.1 Å². The maximum absolute atomic E-state index is 2.65. The van der Waals surface area contributed by atoms with Crippen LogP contribution >= 0.6 is 0 Å². The van der Waals surface area contributed by atoms with Gasteiger partial charge >= 0.3 is 0 Å². The molecule has 0 amide bonds. The summed E-state index contributed by atoms with van der Waals surface area (Å²) in [6.45, 7) is 7.16. The van der Waals surface area contributed by atoms with Crippen molar-refractivity contribution in [1.29, 1.82) is 0 Å². The van der Waals surface area contributed by atoms with Crippen LogP contribution in [0, 0.1) is 5.92 Å². The highest BCUT2D eigenvalue weighted by atomic mass is 15.0. The summed E-state index contributed by atoms with van der Waals surface area (Å²) < 4.78 is 5.15. The minimum atomic E-state index is -0.0627. The van der Waals surface area contributed by atoms with E-state index in [2.05, 4.69) is 163 Å². The molecule has 0 N–H and O–H groups in total. The summed E-state index contributed by atoms with van der Waals surface area (Å²) in [5.41, 5.74) is 17.8. The summed E-state index contributed by atoms with van der Waals surface area (Å²) >= 11 is 0. The lowest BCUT2D eigenvalue weighted by Crippen LogP contribution is -2.16. The molecule has 1 atom stereocenters. The molecule has 0 bridgehead atoms. The highest BCUT2D eigenvalue weighted by Crippen LogP contribution is 2.52. The van der Waals surface area contributed by atoms with E-state index >= 15 is 0 Å². The smallest absolute Gasteiger partial charge is 0.0549 e. The van der Waals surface area contributed by atoms with Crippen LogP contribution in [0.4, 0.5) is 0 Å². The van der Waals surface area contributed by atoms with Crippen LogP contribution in [0.5, 0.6) is 0 Å². The number of allylic oxidation sites excluding steroid dienone is 4. The highest BCUT2D eigenvalue weighted by Gasteiger charge is 2.36. The summed E-state index contributed by atoms with van der Waals surface area (Å²) in [5.74, 6) is 0.517. The normalized spacial score (nSPS) is 17.5. The van der Waals surface area contributed by atoms with Gasteiger partial charge in [-0.05, 0) is 117 Å². The van der Waals surface area contributed by atoms with Crippen LogP contribution in [-0.2, 0) is 11.8 Å². The molecule has 0 saturated heterocycles. The molecule has 1 unspecified atom stereocenters. The minimum absolute atomic E-state index is 0.0627. The molecular weight excluding hydrogens is 605 g/mol. The van der Waals surface area contributed by atoms with Gasteiger partial charge in [0, 0.05) is 32.9 Å². The number of rotatable bonds is 2. The Bertz CT molecular complexity index is 2820. The van der Waals surface area contributed by atoms with Crippen LogP contribution < -0.4 is 0 Å². The van der Waals surface area contributed by atoms with Gasteiger partial charge in [-0.25, -0.2) is 0 Å². The molecule has 2 aromatic heterocycles. The molecule has 11 rings (SSSR count). The molecule has 50 heavy (non-hydrogen) atoms. The fraction of sp³-hybridized carbons (Fsp3) is 0.167. The molecule has 6 aromatic carbocycles. The molecule has 2 nitrogen and oxygen atoms in total. The molecule has 0 spiro atoms. The van der Waals surface area contributed by atoms with Gasteiger partial charge in [0.25, 0.3) is 0 Å². The first-order chi connectivity index (χ1) is 24.5. The molecular formula is C48H38N2. The zero-order valence-corrected chi connectivity index (χ0v) is 28.8. The van der Waals surface area contributed by atoms with Crippen LogP contribution in [0.15, 0.2) is 139 Å². The summed E-state index contributed by atoms with van der Waals surface area (Å²) in [6.07, 6.45) is 8.06. The Labute approximate surface area is 292 Å². The lowest BCUT2D eigenvalue weighted by molar-refractivity contribution is 0.659. The maximum atomic E-state index is 2.65. The van der Waals surface area contributed by atoms with E-state index in [1.165, 1.54) is 99.5 Å². The topological polar surface area (TPSA) is 9.86 Å². The van der Waals surface area contributed by atoms with Crippen molar-refractivity contribution in [3.05, 3.63) is 161 Å². The Kier molecular flexibility index (Phi) is 5.64. The van der Waals surface area contributed by atoms with E-state index in [0.29, 0.717) is 5.92 Å². The van der Waals surface area contributed by atoms with Crippen LogP contribution in [0.2, 0.25) is 0 Å². The fourth-order valence-electron chi connectivity index (χ4n) is 9.88. The lowest BCUT2D eigenvalue weighted by Gasteiger charge is -2.27. The molecule has 2 heteroatoms. The number of aryl methyl sites for hydroxylation is 1. The fourth-order valence-corrected chi connectivity index (χ4v) is 9.88. The van der Waals surface area contributed by atoms with Crippen molar-refractivity contribution in [1.82, 2.24) is 9.13 Å².